The molecule has 0 bridgehead atoms. The molecule has 0 aromatic rings. The van der Waals surface area contributed by atoms with Crippen LogP contribution in [0.5, 0.6) is 0 Å². The molecule has 3 unspecified atom stereocenters. The Labute approximate surface area is 61.0 Å². The van der Waals surface area contributed by atoms with Gasteiger partial charge in [0.05, 0.1) is 6.04 Å². The van der Waals surface area contributed by atoms with E-state index in [-0.39, 0.29) is 6.04 Å². The molecular formula is C8H13NO. The van der Waals surface area contributed by atoms with Crippen molar-refractivity contribution in [3.63, 3.8) is 0 Å². The second-order valence-corrected chi connectivity index (χ2v) is 3.42. The molecule has 1 saturated heterocycles. The van der Waals surface area contributed by atoms with Gasteiger partial charge in [0.25, 0.3) is 0 Å². The number of aldehydes is 1. The Morgan fingerprint density at radius 1 is 1.40 bits per heavy atom. The van der Waals surface area contributed by atoms with E-state index in [0.29, 0.717) is 5.92 Å². The summed E-state index contributed by atoms with van der Waals surface area (Å²) >= 11 is 0. The Morgan fingerprint density at radius 3 is 3.10 bits per heavy atom. The molecule has 2 nitrogen and oxygen atoms in total. The van der Waals surface area contributed by atoms with Crippen LogP contribution in [0.25, 0.3) is 0 Å². The molecule has 0 aromatic carbocycles. The number of nitrogens with one attached hydrogen (secondary N) is 1. The van der Waals surface area contributed by atoms with Gasteiger partial charge in [0.15, 0.2) is 0 Å². The van der Waals surface area contributed by atoms with Crippen molar-refractivity contribution in [3.05, 3.63) is 0 Å². The highest BCUT2D eigenvalue weighted by Gasteiger charge is 2.38. The maximum absolute atomic E-state index is 10.5. The van der Waals surface area contributed by atoms with Crippen LogP contribution in [0, 0.1) is 11.8 Å². The minimum Gasteiger partial charge on any atom is -0.307 e. The molecule has 1 aliphatic heterocycles. The van der Waals surface area contributed by atoms with Crippen LogP contribution in [0.1, 0.15) is 19.3 Å². The largest absolute Gasteiger partial charge is 0.307 e. The van der Waals surface area contributed by atoms with Gasteiger partial charge in [-0.2, -0.15) is 0 Å². The zero-order valence-corrected chi connectivity index (χ0v) is 6.05. The van der Waals surface area contributed by atoms with Crippen molar-refractivity contribution in [1.29, 1.82) is 0 Å². The van der Waals surface area contributed by atoms with E-state index in [1.54, 1.807) is 0 Å². The van der Waals surface area contributed by atoms with Crippen molar-refractivity contribution < 1.29 is 4.79 Å². The lowest BCUT2D eigenvalue weighted by Gasteiger charge is -2.09. The summed E-state index contributed by atoms with van der Waals surface area (Å²) in [5.41, 5.74) is 0. The first-order valence-electron chi connectivity index (χ1n) is 4.10. The molecule has 0 radical (unpaired) electrons. The molecule has 0 spiro atoms. The Bertz CT molecular complexity index is 146. The van der Waals surface area contributed by atoms with Gasteiger partial charge in [-0.1, -0.05) is 6.42 Å². The number of carbonyl (C=O) groups is 1. The zero-order valence-electron chi connectivity index (χ0n) is 6.05. The minimum atomic E-state index is 0.187. The van der Waals surface area contributed by atoms with E-state index in [1.807, 2.05) is 0 Å². The van der Waals surface area contributed by atoms with Gasteiger partial charge in [-0.15, -0.1) is 0 Å². The highest BCUT2D eigenvalue weighted by atomic mass is 16.1. The number of hydrogen-bond acceptors (Lipinski definition) is 2. The monoisotopic (exact) mass is 139 g/mol. The predicted molar refractivity (Wildman–Crippen MR) is 38.7 cm³/mol. The van der Waals surface area contributed by atoms with E-state index >= 15 is 0 Å². The van der Waals surface area contributed by atoms with Gasteiger partial charge in [-0.25, -0.2) is 0 Å². The second kappa shape index (κ2) is 2.35. The van der Waals surface area contributed by atoms with Crippen LogP contribution in [0.4, 0.5) is 0 Å². The standard InChI is InChI=1S/C8H13NO/c10-5-8-7-3-1-2-6(7)4-9-8/h5-9H,1-4H2. The number of rotatable bonds is 1. The van der Waals surface area contributed by atoms with Crippen LogP contribution in [-0.2, 0) is 4.79 Å². The molecule has 1 N–H and O–H groups in total. The van der Waals surface area contributed by atoms with E-state index in [9.17, 15) is 4.79 Å². The third kappa shape index (κ3) is 0.788. The van der Waals surface area contributed by atoms with Gasteiger partial charge in [0, 0.05) is 0 Å². The average Bonchev–Trinajstić information content (AvgIpc) is 2.44. The van der Waals surface area contributed by atoms with E-state index < -0.39 is 0 Å². The Balaban J connectivity index is 2.07. The maximum atomic E-state index is 10.5. The summed E-state index contributed by atoms with van der Waals surface area (Å²) in [6, 6.07) is 0.187. The summed E-state index contributed by atoms with van der Waals surface area (Å²) in [6.07, 6.45) is 5.01. The first-order chi connectivity index (χ1) is 4.92. The summed E-state index contributed by atoms with van der Waals surface area (Å²) in [5, 5.41) is 3.24. The molecule has 2 aliphatic rings. The molecule has 2 heteroatoms. The fourth-order valence-corrected chi connectivity index (χ4v) is 2.38. The second-order valence-electron chi connectivity index (χ2n) is 3.42. The molecule has 3 atom stereocenters. The zero-order chi connectivity index (χ0) is 6.97. The summed E-state index contributed by atoms with van der Waals surface area (Å²) < 4.78 is 0. The lowest BCUT2D eigenvalue weighted by Crippen LogP contribution is -2.27. The molecule has 0 aromatic heterocycles. The quantitative estimate of drug-likeness (QED) is 0.538. The molecule has 1 aliphatic carbocycles. The van der Waals surface area contributed by atoms with Crippen LogP contribution < -0.4 is 5.32 Å². The molecular weight excluding hydrogens is 126 g/mol. The van der Waals surface area contributed by atoms with Crippen LogP contribution in [0.3, 0.4) is 0 Å². The van der Waals surface area contributed by atoms with Crippen molar-refractivity contribution in [1.82, 2.24) is 5.32 Å². The first kappa shape index (κ1) is 6.35. The molecule has 56 valence electrons. The smallest absolute Gasteiger partial charge is 0.137 e. The molecule has 2 fully saturated rings. The molecule has 10 heavy (non-hydrogen) atoms. The third-order valence-corrected chi connectivity index (χ3v) is 2.94. The van der Waals surface area contributed by atoms with Gasteiger partial charge >= 0.3 is 0 Å². The van der Waals surface area contributed by atoms with Crippen LogP contribution in [-0.4, -0.2) is 18.9 Å². The summed E-state index contributed by atoms with van der Waals surface area (Å²) in [6.45, 7) is 1.08. The normalized spacial score (nSPS) is 45.4. The van der Waals surface area contributed by atoms with Crippen LogP contribution in [0.2, 0.25) is 0 Å². The van der Waals surface area contributed by atoms with E-state index in [4.69, 9.17) is 0 Å². The van der Waals surface area contributed by atoms with Crippen molar-refractivity contribution in [2.45, 2.75) is 25.3 Å². The highest BCUT2D eigenvalue weighted by Crippen LogP contribution is 2.36. The van der Waals surface area contributed by atoms with E-state index in [0.717, 1.165) is 18.7 Å². The SMILES string of the molecule is O=CC1NCC2CCCC21. The Kier molecular flexibility index (Phi) is 1.49. The summed E-state index contributed by atoms with van der Waals surface area (Å²) in [4.78, 5) is 10.5. The van der Waals surface area contributed by atoms with Gasteiger partial charge in [-0.3, -0.25) is 0 Å². The fourth-order valence-electron chi connectivity index (χ4n) is 2.38. The van der Waals surface area contributed by atoms with Gasteiger partial charge in [0.1, 0.15) is 6.29 Å². The first-order valence-corrected chi connectivity index (χ1v) is 4.10. The Hall–Kier alpha value is -0.370. The summed E-state index contributed by atoms with van der Waals surface area (Å²) in [7, 11) is 0. The van der Waals surface area contributed by atoms with Crippen LogP contribution >= 0.6 is 0 Å². The molecule has 2 rings (SSSR count). The molecule has 1 saturated carbocycles. The number of hydrogen-bond donors (Lipinski definition) is 1. The predicted octanol–water partition coefficient (Wildman–Crippen LogP) is 0.573. The summed E-state index contributed by atoms with van der Waals surface area (Å²) in [5.74, 6) is 1.49. The van der Waals surface area contributed by atoms with Gasteiger partial charge in [0.2, 0.25) is 0 Å². The van der Waals surface area contributed by atoms with Crippen LogP contribution in [0.15, 0.2) is 0 Å². The van der Waals surface area contributed by atoms with E-state index in [1.165, 1.54) is 19.3 Å². The number of carbonyl (C=O) groups excluding carboxylic acids is 1. The van der Waals surface area contributed by atoms with Crippen molar-refractivity contribution >= 4 is 6.29 Å². The van der Waals surface area contributed by atoms with Crippen molar-refractivity contribution in [2.75, 3.05) is 6.54 Å². The minimum absolute atomic E-state index is 0.187. The Morgan fingerprint density at radius 2 is 2.30 bits per heavy atom. The van der Waals surface area contributed by atoms with Crippen molar-refractivity contribution in [2.24, 2.45) is 11.8 Å². The van der Waals surface area contributed by atoms with Gasteiger partial charge in [-0.05, 0) is 31.2 Å². The lowest BCUT2D eigenvalue weighted by atomic mass is 9.95. The van der Waals surface area contributed by atoms with Gasteiger partial charge < -0.3 is 10.1 Å². The lowest BCUT2D eigenvalue weighted by molar-refractivity contribution is -0.110. The maximum Gasteiger partial charge on any atom is 0.137 e. The fraction of sp³-hybridized carbons (Fsp3) is 0.875. The topological polar surface area (TPSA) is 29.1 Å². The number of fused-ring (bicyclic) bond motifs is 1. The average molecular weight is 139 g/mol. The third-order valence-electron chi connectivity index (χ3n) is 2.94. The van der Waals surface area contributed by atoms with Crippen molar-refractivity contribution in [3.8, 4) is 0 Å². The molecule has 0 amide bonds. The van der Waals surface area contributed by atoms with E-state index in [2.05, 4.69) is 5.32 Å². The highest BCUT2D eigenvalue weighted by molar-refractivity contribution is 5.59. The molecule has 1 heterocycles.